The summed E-state index contributed by atoms with van der Waals surface area (Å²) in [7, 11) is -3.83. The van der Waals surface area contributed by atoms with Gasteiger partial charge in [-0.2, -0.15) is 4.31 Å². The Morgan fingerprint density at radius 2 is 1.59 bits per heavy atom. The van der Waals surface area contributed by atoms with Gasteiger partial charge < -0.3 is 19.5 Å². The van der Waals surface area contributed by atoms with Crippen molar-refractivity contribution in [1.29, 1.82) is 0 Å². The van der Waals surface area contributed by atoms with Crippen molar-refractivity contribution in [3.8, 4) is 0 Å². The number of carbonyl (C=O) groups is 2. The van der Waals surface area contributed by atoms with Crippen molar-refractivity contribution in [3.63, 3.8) is 0 Å². The third kappa shape index (κ3) is 6.24. The maximum atomic E-state index is 13.5. The van der Waals surface area contributed by atoms with Crippen LogP contribution < -0.4 is 0 Å². The highest BCUT2D eigenvalue weighted by atomic mass is 32.2. The van der Waals surface area contributed by atoms with E-state index >= 15 is 0 Å². The molecule has 0 aliphatic carbocycles. The van der Waals surface area contributed by atoms with E-state index in [2.05, 4.69) is 4.90 Å². The number of ether oxygens (including phenoxy) is 2. The van der Waals surface area contributed by atoms with Crippen LogP contribution in [0.3, 0.4) is 0 Å². The smallest absolute Gasteiger partial charge is 0.295 e. The van der Waals surface area contributed by atoms with Crippen LogP contribution in [0.4, 0.5) is 0 Å². The summed E-state index contributed by atoms with van der Waals surface area (Å²) in [5.74, 6) is -1.84. The number of ketones is 1. The van der Waals surface area contributed by atoms with Crippen molar-refractivity contribution in [1.82, 2.24) is 14.1 Å². The number of carbonyl (C=O) groups excluding carboxylic acids is 2. The summed E-state index contributed by atoms with van der Waals surface area (Å²) in [5, 5.41) is 11.5. The number of rotatable bonds is 9. The van der Waals surface area contributed by atoms with Crippen molar-refractivity contribution in [2.24, 2.45) is 0 Å². The van der Waals surface area contributed by atoms with Gasteiger partial charge in [0.15, 0.2) is 0 Å². The summed E-state index contributed by atoms with van der Waals surface area (Å²) in [5.41, 5.74) is 1.96. The fourth-order valence-corrected chi connectivity index (χ4v) is 7.03. The van der Waals surface area contributed by atoms with Gasteiger partial charge >= 0.3 is 0 Å². The maximum absolute atomic E-state index is 13.5. The van der Waals surface area contributed by atoms with Gasteiger partial charge in [-0.3, -0.25) is 14.5 Å². The van der Waals surface area contributed by atoms with Crippen molar-refractivity contribution >= 4 is 27.5 Å². The highest BCUT2D eigenvalue weighted by molar-refractivity contribution is 7.89. The standard InChI is InChI=1S/C30H37N3O7S/c1-2-22-7-9-23(10-8-22)27-26(29(35)30(36)33(27)12-4-11-31-13-17-39-18-14-31)28(34)24-5-3-6-25(21-24)41(37,38)32-15-19-40-20-16-32/h3,5-10,21,27,34H,2,4,11-20H2,1H3/t27-/m1/s1. The first-order valence-electron chi connectivity index (χ1n) is 14.2. The average molecular weight is 584 g/mol. The lowest BCUT2D eigenvalue weighted by Gasteiger charge is -2.29. The molecule has 3 saturated heterocycles. The van der Waals surface area contributed by atoms with Gasteiger partial charge in [0, 0.05) is 44.8 Å². The first kappa shape index (κ1) is 29.4. The lowest BCUT2D eigenvalue weighted by atomic mass is 9.94. The lowest BCUT2D eigenvalue weighted by Crippen LogP contribution is -2.40. The first-order valence-corrected chi connectivity index (χ1v) is 15.6. The Kier molecular flexibility index (Phi) is 9.20. The number of morpholine rings is 2. The molecule has 0 aromatic heterocycles. The molecule has 3 heterocycles. The van der Waals surface area contributed by atoms with Crippen LogP contribution in [0.2, 0.25) is 0 Å². The van der Waals surface area contributed by atoms with Crippen LogP contribution in [0.15, 0.2) is 59.0 Å². The third-order valence-corrected chi connectivity index (χ3v) is 9.83. The molecule has 10 nitrogen and oxygen atoms in total. The minimum absolute atomic E-state index is 0.00652. The molecule has 1 N–H and O–H groups in total. The molecule has 3 aliphatic rings. The zero-order chi connectivity index (χ0) is 29.0. The highest BCUT2D eigenvalue weighted by Crippen LogP contribution is 2.40. The molecule has 3 fully saturated rings. The minimum atomic E-state index is -3.83. The van der Waals surface area contributed by atoms with Crippen LogP contribution in [0.1, 0.15) is 36.1 Å². The quantitative estimate of drug-likeness (QED) is 0.272. The topological polar surface area (TPSA) is 117 Å². The molecule has 2 aromatic rings. The van der Waals surface area contributed by atoms with Crippen molar-refractivity contribution in [2.75, 3.05) is 65.7 Å². The second kappa shape index (κ2) is 12.8. The minimum Gasteiger partial charge on any atom is -0.507 e. The monoisotopic (exact) mass is 583 g/mol. The Morgan fingerprint density at radius 1 is 0.927 bits per heavy atom. The lowest BCUT2D eigenvalue weighted by molar-refractivity contribution is -0.140. The number of aliphatic hydroxyl groups is 1. The summed E-state index contributed by atoms with van der Waals surface area (Å²) >= 11 is 0. The molecule has 1 atom stereocenters. The number of amides is 1. The molecular formula is C30H37N3O7S. The van der Waals surface area contributed by atoms with Crippen LogP contribution in [0.5, 0.6) is 0 Å². The van der Waals surface area contributed by atoms with Gasteiger partial charge in [0.1, 0.15) is 5.76 Å². The van der Waals surface area contributed by atoms with Gasteiger partial charge in [0.05, 0.1) is 42.9 Å². The molecule has 5 rings (SSSR count). The Labute approximate surface area is 241 Å². The number of hydrogen-bond donors (Lipinski definition) is 1. The van der Waals surface area contributed by atoms with Crippen LogP contribution in [0, 0.1) is 0 Å². The van der Waals surface area contributed by atoms with E-state index < -0.39 is 27.8 Å². The molecule has 3 aliphatic heterocycles. The molecule has 220 valence electrons. The van der Waals surface area contributed by atoms with Gasteiger partial charge in [0.25, 0.3) is 11.7 Å². The molecule has 2 aromatic carbocycles. The molecule has 0 unspecified atom stereocenters. The molecule has 0 bridgehead atoms. The van der Waals surface area contributed by atoms with E-state index in [0.717, 1.165) is 31.6 Å². The SMILES string of the molecule is CCc1ccc([C@@H]2C(=C(O)c3cccc(S(=O)(=O)N4CCOCC4)c3)C(=O)C(=O)N2CCCN2CCOCC2)cc1. The van der Waals surface area contributed by atoms with E-state index in [1.807, 2.05) is 31.2 Å². The second-order valence-corrected chi connectivity index (χ2v) is 12.4. The Hall–Kier alpha value is -3.09. The number of Topliss-reactive ketones (excluding diaryl/α,β-unsaturated/α-hetero) is 1. The number of sulfonamides is 1. The van der Waals surface area contributed by atoms with Crippen molar-refractivity contribution in [2.45, 2.75) is 30.7 Å². The fraction of sp³-hybridized carbons (Fsp3) is 0.467. The van der Waals surface area contributed by atoms with E-state index in [9.17, 15) is 23.1 Å². The molecule has 1 amide bonds. The summed E-state index contributed by atoms with van der Waals surface area (Å²) in [6.45, 7) is 7.24. The molecule has 11 heteroatoms. The number of hydrogen-bond acceptors (Lipinski definition) is 8. The highest BCUT2D eigenvalue weighted by Gasteiger charge is 2.46. The molecule has 0 saturated carbocycles. The summed E-state index contributed by atoms with van der Waals surface area (Å²) in [6, 6.07) is 12.8. The number of benzene rings is 2. The molecule has 0 radical (unpaired) electrons. The maximum Gasteiger partial charge on any atom is 0.295 e. The number of aliphatic hydroxyl groups excluding tert-OH is 1. The number of likely N-dealkylation sites (tertiary alicyclic amines) is 1. The largest absolute Gasteiger partial charge is 0.507 e. The van der Waals surface area contributed by atoms with Crippen LogP contribution in [-0.2, 0) is 35.5 Å². The summed E-state index contributed by atoms with van der Waals surface area (Å²) < 4.78 is 38.6. The predicted molar refractivity (Wildman–Crippen MR) is 153 cm³/mol. The average Bonchev–Trinajstić information content (AvgIpc) is 3.27. The van der Waals surface area contributed by atoms with E-state index in [1.54, 1.807) is 6.07 Å². The zero-order valence-corrected chi connectivity index (χ0v) is 24.1. The van der Waals surface area contributed by atoms with E-state index in [4.69, 9.17) is 9.47 Å². The number of aryl methyl sites for hydroxylation is 1. The molecular weight excluding hydrogens is 546 g/mol. The summed E-state index contributed by atoms with van der Waals surface area (Å²) in [4.78, 5) is 30.6. The van der Waals surface area contributed by atoms with Gasteiger partial charge in [-0.15, -0.1) is 0 Å². The van der Waals surface area contributed by atoms with Gasteiger partial charge in [-0.25, -0.2) is 8.42 Å². The predicted octanol–water partition coefficient (Wildman–Crippen LogP) is 2.41. The number of nitrogens with zero attached hydrogens (tertiary/aromatic N) is 3. The Morgan fingerprint density at radius 3 is 2.24 bits per heavy atom. The normalized spacial score (nSPS) is 22.4. The van der Waals surface area contributed by atoms with Gasteiger partial charge in [-0.1, -0.05) is 43.3 Å². The van der Waals surface area contributed by atoms with Crippen LogP contribution >= 0.6 is 0 Å². The van der Waals surface area contributed by atoms with Crippen LogP contribution in [0.25, 0.3) is 5.76 Å². The van der Waals surface area contributed by atoms with Crippen molar-refractivity contribution in [3.05, 3.63) is 70.8 Å². The zero-order valence-electron chi connectivity index (χ0n) is 23.3. The fourth-order valence-electron chi connectivity index (χ4n) is 5.58. The van der Waals surface area contributed by atoms with E-state index in [-0.39, 0.29) is 34.9 Å². The van der Waals surface area contributed by atoms with Gasteiger partial charge in [0.2, 0.25) is 10.0 Å². The van der Waals surface area contributed by atoms with Crippen molar-refractivity contribution < 1.29 is 32.6 Å². The molecule has 0 spiro atoms. The second-order valence-electron chi connectivity index (χ2n) is 10.4. The molecule has 41 heavy (non-hydrogen) atoms. The Bertz CT molecular complexity index is 1400. The van der Waals surface area contributed by atoms with Gasteiger partial charge in [-0.05, 0) is 36.1 Å². The third-order valence-electron chi connectivity index (χ3n) is 7.94. The first-order chi connectivity index (χ1) is 19.8. The Balaban J connectivity index is 1.49. The van der Waals surface area contributed by atoms with E-state index in [0.29, 0.717) is 45.0 Å². The van der Waals surface area contributed by atoms with E-state index in [1.165, 1.54) is 27.4 Å². The summed E-state index contributed by atoms with van der Waals surface area (Å²) in [6.07, 6.45) is 1.49. The van der Waals surface area contributed by atoms with Crippen LogP contribution in [-0.4, -0.2) is 105 Å².